The molecule has 0 bridgehead atoms. The van der Waals surface area contributed by atoms with E-state index in [0.717, 1.165) is 43.9 Å². The van der Waals surface area contributed by atoms with Crippen molar-refractivity contribution in [1.29, 1.82) is 5.26 Å². The molecule has 1 atom stereocenters. The standard InChI is InChI=1S/C17H18ClN5/c18-12-8-11(9-19)10-20-17(12)23-7-3-6-15(23)16-21-13-4-1-2-5-14(13)22-16/h8,10,15H,1-7H2,(H,21,22)/t15-/m1/s1. The van der Waals surface area contributed by atoms with Gasteiger partial charge in [0.25, 0.3) is 0 Å². The molecule has 3 heterocycles. The summed E-state index contributed by atoms with van der Waals surface area (Å²) in [6, 6.07) is 3.96. The van der Waals surface area contributed by atoms with Crippen molar-refractivity contribution in [2.24, 2.45) is 0 Å². The van der Waals surface area contributed by atoms with Gasteiger partial charge in [0.2, 0.25) is 0 Å². The van der Waals surface area contributed by atoms with E-state index in [1.165, 1.54) is 24.2 Å². The number of aromatic amines is 1. The molecule has 5 nitrogen and oxygen atoms in total. The third-order valence-corrected chi connectivity index (χ3v) is 5.04. The predicted molar refractivity (Wildman–Crippen MR) is 88.5 cm³/mol. The second-order valence-electron chi connectivity index (χ2n) is 6.25. The number of pyridine rings is 1. The van der Waals surface area contributed by atoms with E-state index in [-0.39, 0.29) is 6.04 Å². The molecular weight excluding hydrogens is 310 g/mol. The smallest absolute Gasteiger partial charge is 0.148 e. The molecular formula is C17H18ClN5. The van der Waals surface area contributed by atoms with Crippen LogP contribution in [0.4, 0.5) is 5.82 Å². The molecule has 2 aromatic heterocycles. The summed E-state index contributed by atoms with van der Waals surface area (Å²) in [5.41, 5.74) is 3.02. The first-order valence-electron chi connectivity index (χ1n) is 8.16. The van der Waals surface area contributed by atoms with Gasteiger partial charge in [0.05, 0.1) is 22.3 Å². The van der Waals surface area contributed by atoms with Crippen molar-refractivity contribution in [3.63, 3.8) is 0 Å². The molecule has 2 aliphatic rings. The Kier molecular flexibility index (Phi) is 3.70. The number of nitrogens with one attached hydrogen (secondary N) is 1. The minimum atomic E-state index is 0.193. The third-order valence-electron chi connectivity index (χ3n) is 4.76. The quantitative estimate of drug-likeness (QED) is 0.915. The fourth-order valence-electron chi connectivity index (χ4n) is 3.64. The molecule has 2 aromatic rings. The van der Waals surface area contributed by atoms with Crippen molar-refractivity contribution in [3.05, 3.63) is 40.1 Å². The summed E-state index contributed by atoms with van der Waals surface area (Å²) < 4.78 is 0. The molecule has 1 aliphatic carbocycles. The van der Waals surface area contributed by atoms with Crippen LogP contribution in [-0.4, -0.2) is 21.5 Å². The Bertz CT molecular complexity index is 752. The monoisotopic (exact) mass is 327 g/mol. The first kappa shape index (κ1) is 14.5. The first-order chi connectivity index (χ1) is 11.3. The molecule has 0 spiro atoms. The van der Waals surface area contributed by atoms with Gasteiger partial charge in [0, 0.05) is 18.4 Å². The molecule has 0 radical (unpaired) electrons. The van der Waals surface area contributed by atoms with Crippen LogP contribution >= 0.6 is 11.6 Å². The van der Waals surface area contributed by atoms with Crippen molar-refractivity contribution < 1.29 is 0 Å². The number of rotatable bonds is 2. The lowest BCUT2D eigenvalue weighted by molar-refractivity contribution is 0.667. The van der Waals surface area contributed by atoms with Crippen molar-refractivity contribution in [2.45, 2.75) is 44.6 Å². The Balaban J connectivity index is 1.67. The number of hydrogen-bond donors (Lipinski definition) is 1. The number of fused-ring (bicyclic) bond motifs is 1. The number of halogens is 1. The second-order valence-corrected chi connectivity index (χ2v) is 6.65. The fourth-order valence-corrected chi connectivity index (χ4v) is 3.92. The maximum atomic E-state index is 8.96. The summed E-state index contributed by atoms with van der Waals surface area (Å²) in [4.78, 5) is 15.0. The van der Waals surface area contributed by atoms with Crippen LogP contribution < -0.4 is 4.90 Å². The van der Waals surface area contributed by atoms with Crippen LogP contribution in [-0.2, 0) is 12.8 Å². The molecule has 1 saturated heterocycles. The number of aryl methyl sites for hydroxylation is 2. The van der Waals surface area contributed by atoms with E-state index >= 15 is 0 Å². The van der Waals surface area contributed by atoms with Crippen LogP contribution in [0, 0.1) is 11.3 Å². The van der Waals surface area contributed by atoms with E-state index < -0.39 is 0 Å². The highest BCUT2D eigenvalue weighted by atomic mass is 35.5. The third kappa shape index (κ3) is 2.57. The molecule has 23 heavy (non-hydrogen) atoms. The van der Waals surface area contributed by atoms with Crippen molar-refractivity contribution in [1.82, 2.24) is 15.0 Å². The number of hydrogen-bond acceptors (Lipinski definition) is 4. The van der Waals surface area contributed by atoms with E-state index in [2.05, 4.69) is 20.9 Å². The molecule has 1 fully saturated rings. The van der Waals surface area contributed by atoms with Crippen LogP contribution in [0.5, 0.6) is 0 Å². The minimum Gasteiger partial charge on any atom is -0.345 e. The first-order valence-corrected chi connectivity index (χ1v) is 8.54. The summed E-state index contributed by atoms with van der Waals surface area (Å²) in [6.45, 7) is 0.911. The number of nitriles is 1. The van der Waals surface area contributed by atoms with E-state index in [1.807, 2.05) is 0 Å². The zero-order valence-electron chi connectivity index (χ0n) is 12.8. The number of H-pyrrole nitrogens is 1. The maximum absolute atomic E-state index is 8.96. The van der Waals surface area contributed by atoms with Crippen molar-refractivity contribution in [2.75, 3.05) is 11.4 Å². The Hall–Kier alpha value is -2.06. The largest absolute Gasteiger partial charge is 0.345 e. The summed E-state index contributed by atoms with van der Waals surface area (Å²) in [6.07, 6.45) is 8.38. The highest BCUT2D eigenvalue weighted by molar-refractivity contribution is 6.33. The molecule has 6 heteroatoms. The second kappa shape index (κ2) is 5.86. The molecule has 4 rings (SSSR count). The van der Waals surface area contributed by atoms with Gasteiger partial charge in [-0.2, -0.15) is 5.26 Å². The number of aromatic nitrogens is 3. The molecule has 0 unspecified atom stereocenters. The zero-order valence-corrected chi connectivity index (χ0v) is 13.6. The average molecular weight is 328 g/mol. The maximum Gasteiger partial charge on any atom is 0.148 e. The summed E-state index contributed by atoms with van der Waals surface area (Å²) in [5, 5.41) is 9.50. The summed E-state index contributed by atoms with van der Waals surface area (Å²) in [7, 11) is 0. The van der Waals surface area contributed by atoms with Crippen LogP contribution in [0.25, 0.3) is 0 Å². The van der Waals surface area contributed by atoms with Gasteiger partial charge in [-0.05, 0) is 44.6 Å². The van der Waals surface area contributed by atoms with E-state index in [9.17, 15) is 0 Å². The highest BCUT2D eigenvalue weighted by Crippen LogP contribution is 2.38. The average Bonchev–Trinajstić information content (AvgIpc) is 3.20. The minimum absolute atomic E-state index is 0.193. The van der Waals surface area contributed by atoms with Crippen LogP contribution in [0.1, 0.15) is 54.5 Å². The lowest BCUT2D eigenvalue weighted by Crippen LogP contribution is -2.24. The Morgan fingerprint density at radius 2 is 2.17 bits per heavy atom. The lowest BCUT2D eigenvalue weighted by Gasteiger charge is -2.25. The predicted octanol–water partition coefficient (Wildman–Crippen LogP) is 3.55. The van der Waals surface area contributed by atoms with Crippen molar-refractivity contribution in [3.8, 4) is 6.07 Å². The molecule has 0 amide bonds. The van der Waals surface area contributed by atoms with Gasteiger partial charge in [-0.25, -0.2) is 9.97 Å². The molecule has 0 aromatic carbocycles. The van der Waals surface area contributed by atoms with Gasteiger partial charge < -0.3 is 9.88 Å². The van der Waals surface area contributed by atoms with Gasteiger partial charge in [-0.1, -0.05) is 11.6 Å². The zero-order chi connectivity index (χ0) is 15.8. The SMILES string of the molecule is N#Cc1cnc(N2CCC[C@@H]2c2nc3c([nH]2)CCCC3)c(Cl)c1. The number of imidazole rings is 1. The van der Waals surface area contributed by atoms with Crippen molar-refractivity contribution >= 4 is 17.4 Å². The van der Waals surface area contributed by atoms with Gasteiger partial charge >= 0.3 is 0 Å². The molecule has 118 valence electrons. The van der Waals surface area contributed by atoms with Crippen LogP contribution in [0.15, 0.2) is 12.3 Å². The van der Waals surface area contributed by atoms with Crippen LogP contribution in [0.3, 0.4) is 0 Å². The van der Waals surface area contributed by atoms with Crippen LogP contribution in [0.2, 0.25) is 5.02 Å². The highest BCUT2D eigenvalue weighted by Gasteiger charge is 2.31. The number of nitrogens with zero attached hydrogens (tertiary/aromatic N) is 4. The normalized spacial score (nSPS) is 20.3. The fraction of sp³-hybridized carbons (Fsp3) is 0.471. The summed E-state index contributed by atoms with van der Waals surface area (Å²) in [5.74, 6) is 1.79. The molecule has 1 N–H and O–H groups in total. The Morgan fingerprint density at radius 1 is 1.30 bits per heavy atom. The molecule has 0 saturated carbocycles. The topological polar surface area (TPSA) is 68.6 Å². The van der Waals surface area contributed by atoms with Gasteiger partial charge in [0.15, 0.2) is 0 Å². The van der Waals surface area contributed by atoms with Gasteiger partial charge in [-0.15, -0.1) is 0 Å². The van der Waals surface area contributed by atoms with E-state index in [4.69, 9.17) is 21.8 Å². The van der Waals surface area contributed by atoms with Gasteiger partial charge in [0.1, 0.15) is 17.7 Å². The summed E-state index contributed by atoms with van der Waals surface area (Å²) >= 11 is 6.36. The Labute approximate surface area is 140 Å². The van der Waals surface area contributed by atoms with E-state index in [0.29, 0.717) is 10.6 Å². The van der Waals surface area contributed by atoms with Gasteiger partial charge in [-0.3, -0.25) is 0 Å². The Morgan fingerprint density at radius 3 is 2.96 bits per heavy atom. The number of anilines is 1. The molecule has 1 aliphatic heterocycles. The lowest BCUT2D eigenvalue weighted by atomic mass is 10.0. The van der Waals surface area contributed by atoms with E-state index in [1.54, 1.807) is 12.3 Å².